The van der Waals surface area contributed by atoms with E-state index in [1.54, 1.807) is 6.07 Å². The molecule has 2 aliphatic rings. The van der Waals surface area contributed by atoms with E-state index in [4.69, 9.17) is 23.2 Å². The van der Waals surface area contributed by atoms with Crippen LogP contribution in [0.3, 0.4) is 0 Å². The Hall–Kier alpha value is -0.820. The second-order valence-electron chi connectivity index (χ2n) is 6.89. The zero-order valence-electron chi connectivity index (χ0n) is 14.0. The largest absolute Gasteiger partial charge is 0.353 e. The molecule has 1 amide bonds. The van der Waals surface area contributed by atoms with Gasteiger partial charge in [0, 0.05) is 30.1 Å². The first-order valence-electron chi connectivity index (χ1n) is 8.54. The third-order valence-corrected chi connectivity index (χ3v) is 7.65. The highest BCUT2D eigenvalue weighted by molar-refractivity contribution is 7.89. The first-order valence-corrected chi connectivity index (χ1v) is 10.7. The molecule has 0 spiro atoms. The molecule has 1 aliphatic heterocycles. The van der Waals surface area contributed by atoms with Gasteiger partial charge in [0.15, 0.2) is 0 Å². The minimum atomic E-state index is -3.71. The van der Waals surface area contributed by atoms with Gasteiger partial charge >= 0.3 is 0 Å². The van der Waals surface area contributed by atoms with Gasteiger partial charge in [-0.2, -0.15) is 4.31 Å². The molecule has 1 aliphatic carbocycles. The van der Waals surface area contributed by atoms with Crippen LogP contribution in [-0.4, -0.2) is 37.8 Å². The second-order valence-corrected chi connectivity index (χ2v) is 9.64. The van der Waals surface area contributed by atoms with Gasteiger partial charge in [0.2, 0.25) is 15.9 Å². The molecule has 1 aromatic rings. The molecule has 0 aromatic heterocycles. The van der Waals surface area contributed by atoms with Gasteiger partial charge in [-0.05, 0) is 56.7 Å². The van der Waals surface area contributed by atoms with E-state index < -0.39 is 10.0 Å². The highest BCUT2D eigenvalue weighted by atomic mass is 35.5. The van der Waals surface area contributed by atoms with Crippen molar-refractivity contribution < 1.29 is 13.2 Å². The molecule has 1 N–H and O–H groups in total. The van der Waals surface area contributed by atoms with E-state index in [1.165, 1.54) is 29.3 Å². The molecule has 8 heteroatoms. The fourth-order valence-corrected chi connectivity index (χ4v) is 5.44. The fourth-order valence-electron chi connectivity index (χ4n) is 3.23. The molecular weight excluding hydrogens is 383 g/mol. The second kappa shape index (κ2) is 7.43. The Labute approximate surface area is 158 Å². The van der Waals surface area contributed by atoms with E-state index in [9.17, 15) is 13.2 Å². The number of rotatable bonds is 5. The summed E-state index contributed by atoms with van der Waals surface area (Å²) in [5.41, 5.74) is 0. The molecule has 25 heavy (non-hydrogen) atoms. The van der Waals surface area contributed by atoms with Gasteiger partial charge in [-0.25, -0.2) is 8.42 Å². The molecule has 0 unspecified atom stereocenters. The van der Waals surface area contributed by atoms with Crippen LogP contribution < -0.4 is 5.32 Å². The highest BCUT2D eigenvalue weighted by Gasteiger charge is 2.35. The quantitative estimate of drug-likeness (QED) is 0.818. The summed E-state index contributed by atoms with van der Waals surface area (Å²) in [6.07, 6.45) is 3.39. The predicted molar refractivity (Wildman–Crippen MR) is 98.3 cm³/mol. The van der Waals surface area contributed by atoms with Crippen molar-refractivity contribution in [2.75, 3.05) is 13.1 Å². The Bertz CT molecular complexity index is 757. The van der Waals surface area contributed by atoms with Crippen LogP contribution >= 0.6 is 23.2 Å². The van der Waals surface area contributed by atoms with Crippen LogP contribution in [0.5, 0.6) is 0 Å². The van der Waals surface area contributed by atoms with Crippen molar-refractivity contribution in [1.82, 2.24) is 9.62 Å². The van der Waals surface area contributed by atoms with Gasteiger partial charge in [0.1, 0.15) is 4.90 Å². The monoisotopic (exact) mass is 404 g/mol. The number of benzene rings is 1. The molecule has 1 heterocycles. The van der Waals surface area contributed by atoms with Gasteiger partial charge in [-0.3, -0.25) is 4.79 Å². The molecule has 0 radical (unpaired) electrons. The maximum Gasteiger partial charge on any atom is 0.244 e. The Balaban J connectivity index is 1.63. The standard InChI is InChI=1S/C17H22Cl2N2O3S/c1-11(12-2-3-12)20-17(22)13-6-8-21(9-7-13)25(23,24)16-10-14(18)4-5-15(16)19/h4-5,10-13H,2-3,6-9H2,1H3,(H,20,22)/t11-/m1/s1. The Morgan fingerprint density at radius 2 is 1.84 bits per heavy atom. The number of hydrogen-bond acceptors (Lipinski definition) is 3. The number of carbonyl (C=O) groups is 1. The van der Waals surface area contributed by atoms with Gasteiger partial charge < -0.3 is 5.32 Å². The number of sulfonamides is 1. The minimum absolute atomic E-state index is 0.0203. The first kappa shape index (κ1) is 19.0. The third kappa shape index (κ3) is 4.30. The van der Waals surface area contributed by atoms with E-state index in [1.807, 2.05) is 6.92 Å². The lowest BCUT2D eigenvalue weighted by atomic mass is 9.96. The normalized spacial score (nSPS) is 21.1. The van der Waals surface area contributed by atoms with Crippen molar-refractivity contribution in [3.63, 3.8) is 0 Å². The Morgan fingerprint density at radius 1 is 1.20 bits per heavy atom. The number of halogens is 2. The maximum atomic E-state index is 12.8. The van der Waals surface area contributed by atoms with Crippen molar-refractivity contribution in [2.45, 2.75) is 43.5 Å². The summed E-state index contributed by atoms with van der Waals surface area (Å²) in [7, 11) is -3.71. The molecule has 2 fully saturated rings. The number of piperidine rings is 1. The molecule has 3 rings (SSSR count). The summed E-state index contributed by atoms with van der Waals surface area (Å²) in [6.45, 7) is 2.65. The van der Waals surface area contributed by atoms with Crippen LogP contribution in [0.1, 0.15) is 32.6 Å². The molecule has 1 saturated carbocycles. The lowest BCUT2D eigenvalue weighted by Gasteiger charge is -2.31. The zero-order chi connectivity index (χ0) is 18.2. The average molecular weight is 405 g/mol. The van der Waals surface area contributed by atoms with Crippen LogP contribution in [-0.2, 0) is 14.8 Å². The third-order valence-electron chi connectivity index (χ3n) is 5.03. The smallest absolute Gasteiger partial charge is 0.244 e. The van der Waals surface area contributed by atoms with Gasteiger partial charge in [-0.1, -0.05) is 23.2 Å². The van der Waals surface area contributed by atoms with Crippen LogP contribution in [0, 0.1) is 11.8 Å². The summed E-state index contributed by atoms with van der Waals surface area (Å²) in [4.78, 5) is 12.4. The minimum Gasteiger partial charge on any atom is -0.353 e. The van der Waals surface area contributed by atoms with Gasteiger partial charge in [-0.15, -0.1) is 0 Å². The van der Waals surface area contributed by atoms with Crippen LogP contribution in [0.15, 0.2) is 23.1 Å². The molecule has 0 bridgehead atoms. The SMILES string of the molecule is C[C@@H](NC(=O)C1CCN(S(=O)(=O)c2cc(Cl)ccc2Cl)CC1)C1CC1. The first-order chi connectivity index (χ1) is 11.8. The van der Waals surface area contributed by atoms with Crippen molar-refractivity contribution in [3.05, 3.63) is 28.2 Å². The van der Waals surface area contributed by atoms with Gasteiger partial charge in [0.05, 0.1) is 5.02 Å². The molecular formula is C17H22Cl2N2O3S. The highest BCUT2D eigenvalue weighted by Crippen LogP contribution is 2.33. The number of nitrogens with one attached hydrogen (secondary N) is 1. The number of carbonyl (C=O) groups excluding carboxylic acids is 1. The van der Waals surface area contributed by atoms with Crippen molar-refractivity contribution in [2.24, 2.45) is 11.8 Å². The van der Waals surface area contributed by atoms with Gasteiger partial charge in [0.25, 0.3) is 0 Å². The molecule has 5 nitrogen and oxygen atoms in total. The van der Waals surface area contributed by atoms with Crippen LogP contribution in [0.2, 0.25) is 10.0 Å². The van der Waals surface area contributed by atoms with E-state index in [0.29, 0.717) is 36.9 Å². The number of nitrogens with zero attached hydrogens (tertiary/aromatic N) is 1. The number of amides is 1. The molecule has 138 valence electrons. The Kier molecular flexibility index (Phi) is 5.63. The molecule has 1 aromatic carbocycles. The van der Waals surface area contributed by atoms with E-state index in [-0.39, 0.29) is 27.8 Å². The summed E-state index contributed by atoms with van der Waals surface area (Å²) in [5.74, 6) is 0.508. The van der Waals surface area contributed by atoms with Crippen LogP contribution in [0.4, 0.5) is 0 Å². The summed E-state index contributed by atoms with van der Waals surface area (Å²) in [6, 6.07) is 4.62. The molecule has 1 atom stereocenters. The number of hydrogen-bond donors (Lipinski definition) is 1. The zero-order valence-corrected chi connectivity index (χ0v) is 16.4. The maximum absolute atomic E-state index is 12.8. The lowest BCUT2D eigenvalue weighted by molar-refractivity contribution is -0.126. The van der Waals surface area contributed by atoms with E-state index in [2.05, 4.69) is 5.32 Å². The summed E-state index contributed by atoms with van der Waals surface area (Å²) < 4.78 is 27.0. The van der Waals surface area contributed by atoms with Crippen molar-refractivity contribution in [3.8, 4) is 0 Å². The van der Waals surface area contributed by atoms with E-state index in [0.717, 1.165) is 0 Å². The predicted octanol–water partition coefficient (Wildman–Crippen LogP) is 3.31. The van der Waals surface area contributed by atoms with Crippen LogP contribution in [0.25, 0.3) is 0 Å². The Morgan fingerprint density at radius 3 is 2.44 bits per heavy atom. The topological polar surface area (TPSA) is 66.5 Å². The molecule has 1 saturated heterocycles. The summed E-state index contributed by atoms with van der Waals surface area (Å²) >= 11 is 12.0. The summed E-state index contributed by atoms with van der Waals surface area (Å²) in [5, 5.41) is 3.55. The average Bonchev–Trinajstić information content (AvgIpc) is 3.42. The van der Waals surface area contributed by atoms with E-state index >= 15 is 0 Å². The van der Waals surface area contributed by atoms with Crippen molar-refractivity contribution in [1.29, 1.82) is 0 Å². The lowest BCUT2D eigenvalue weighted by Crippen LogP contribution is -2.45. The van der Waals surface area contributed by atoms with Crippen molar-refractivity contribution >= 4 is 39.1 Å². The fraction of sp³-hybridized carbons (Fsp3) is 0.588.